The molecule has 0 heterocycles. The first-order chi connectivity index (χ1) is 14.3. The molecule has 0 radical (unpaired) electrons. The molecule has 0 fully saturated rings. The van der Waals surface area contributed by atoms with Crippen molar-refractivity contribution in [1.82, 2.24) is 5.43 Å². The Hall–Kier alpha value is -2.82. The highest BCUT2D eigenvalue weighted by Crippen LogP contribution is 2.28. The van der Waals surface area contributed by atoms with Crippen LogP contribution >= 0.6 is 0 Å². The number of hydrogen-bond acceptors (Lipinski definition) is 4. The van der Waals surface area contributed by atoms with E-state index in [0.29, 0.717) is 23.7 Å². The second kappa shape index (κ2) is 11.4. The van der Waals surface area contributed by atoms with Gasteiger partial charge in [-0.25, -0.2) is 5.43 Å². The van der Waals surface area contributed by atoms with Gasteiger partial charge >= 0.3 is 0 Å². The summed E-state index contributed by atoms with van der Waals surface area (Å²) in [6, 6.07) is 13.2. The summed E-state index contributed by atoms with van der Waals surface area (Å²) >= 11 is 0. The summed E-state index contributed by atoms with van der Waals surface area (Å²) in [5.41, 5.74) is 5.19. The van der Waals surface area contributed by atoms with E-state index in [4.69, 9.17) is 9.47 Å². The molecule has 2 rings (SSSR count). The average molecular weight is 411 g/mol. The second-order valence-corrected chi connectivity index (χ2v) is 8.35. The van der Waals surface area contributed by atoms with Crippen molar-refractivity contribution in [2.24, 2.45) is 5.10 Å². The molecule has 5 nitrogen and oxygen atoms in total. The number of hydrogen-bond donors (Lipinski definition) is 1. The fourth-order valence-corrected chi connectivity index (χ4v) is 2.95. The summed E-state index contributed by atoms with van der Waals surface area (Å²) in [4.78, 5) is 12.3. The smallest absolute Gasteiger partial charge is 0.271 e. The van der Waals surface area contributed by atoms with Gasteiger partial charge in [-0.2, -0.15) is 5.10 Å². The molecule has 0 aliphatic heterocycles. The highest BCUT2D eigenvalue weighted by molar-refractivity contribution is 5.95. The number of nitrogens with one attached hydrogen (secondary N) is 1. The van der Waals surface area contributed by atoms with Crippen LogP contribution in [-0.4, -0.2) is 25.8 Å². The van der Waals surface area contributed by atoms with Crippen molar-refractivity contribution in [1.29, 1.82) is 0 Å². The quantitative estimate of drug-likeness (QED) is 0.310. The van der Waals surface area contributed by atoms with Gasteiger partial charge in [-0.05, 0) is 53.3 Å². The Morgan fingerprint density at radius 2 is 1.77 bits per heavy atom. The van der Waals surface area contributed by atoms with Gasteiger partial charge in [0.15, 0.2) is 11.5 Å². The minimum atomic E-state index is -0.245. The van der Waals surface area contributed by atoms with Gasteiger partial charge in [0.1, 0.15) is 0 Å². The summed E-state index contributed by atoms with van der Waals surface area (Å²) in [7, 11) is 1.61. The molecule has 5 heteroatoms. The van der Waals surface area contributed by atoms with Crippen molar-refractivity contribution in [2.75, 3.05) is 13.7 Å². The fraction of sp³-hybridized carbons (Fsp3) is 0.440. The topological polar surface area (TPSA) is 59.9 Å². The molecule has 1 amide bonds. The van der Waals surface area contributed by atoms with Crippen LogP contribution in [0, 0.1) is 0 Å². The maximum absolute atomic E-state index is 12.3. The highest BCUT2D eigenvalue weighted by Gasteiger charge is 2.14. The molecule has 0 aliphatic rings. The molecule has 2 aromatic rings. The van der Waals surface area contributed by atoms with Crippen LogP contribution in [0.15, 0.2) is 47.6 Å². The number of hydrazone groups is 1. The van der Waals surface area contributed by atoms with Gasteiger partial charge in [0.05, 0.1) is 19.9 Å². The minimum absolute atomic E-state index is 0.0532. The number of methoxy groups -OCH3 is 1. The molecule has 30 heavy (non-hydrogen) atoms. The van der Waals surface area contributed by atoms with Gasteiger partial charge < -0.3 is 9.47 Å². The van der Waals surface area contributed by atoms with E-state index >= 15 is 0 Å². The number of ether oxygens (including phenoxy) is 2. The van der Waals surface area contributed by atoms with E-state index in [2.05, 4.69) is 38.2 Å². The lowest BCUT2D eigenvalue weighted by atomic mass is 9.87. The Morgan fingerprint density at radius 1 is 1.03 bits per heavy atom. The van der Waals surface area contributed by atoms with E-state index in [-0.39, 0.29) is 11.3 Å². The number of unbranched alkanes of at least 4 members (excludes halogenated alkanes) is 3. The average Bonchev–Trinajstić information content (AvgIpc) is 2.73. The first-order valence-electron chi connectivity index (χ1n) is 10.6. The van der Waals surface area contributed by atoms with Crippen LogP contribution in [0.2, 0.25) is 0 Å². The zero-order valence-electron chi connectivity index (χ0n) is 18.8. The predicted molar refractivity (Wildman–Crippen MR) is 123 cm³/mol. The third-order valence-electron chi connectivity index (χ3n) is 4.84. The molecule has 0 saturated carbocycles. The lowest BCUT2D eigenvalue weighted by Gasteiger charge is -2.18. The molecule has 1 N–H and O–H groups in total. The van der Waals surface area contributed by atoms with Crippen molar-refractivity contribution in [2.45, 2.75) is 58.8 Å². The standard InChI is InChI=1S/C25H34N2O3/c1-6-7-8-9-16-30-22-15-10-19(17-23(22)29-5)18-26-27-24(28)20-11-13-21(14-12-20)25(2,3)4/h10-15,17-18H,6-9,16H2,1-5H3,(H,27,28)/b26-18+. The van der Waals surface area contributed by atoms with E-state index < -0.39 is 0 Å². The number of nitrogens with zero attached hydrogens (tertiary/aromatic N) is 1. The number of carbonyl (C=O) groups is 1. The summed E-state index contributed by atoms with van der Waals surface area (Å²) in [6.45, 7) is 9.29. The lowest BCUT2D eigenvalue weighted by molar-refractivity contribution is 0.0955. The summed E-state index contributed by atoms with van der Waals surface area (Å²) in [5, 5.41) is 4.07. The molecule has 0 unspecified atom stereocenters. The van der Waals surface area contributed by atoms with Gasteiger partial charge in [0, 0.05) is 5.56 Å². The maximum Gasteiger partial charge on any atom is 0.271 e. The van der Waals surface area contributed by atoms with Gasteiger partial charge in [-0.3, -0.25) is 4.79 Å². The van der Waals surface area contributed by atoms with Crippen LogP contribution in [0.25, 0.3) is 0 Å². The number of rotatable bonds is 10. The number of carbonyl (C=O) groups excluding carboxylic acids is 1. The van der Waals surface area contributed by atoms with Crippen molar-refractivity contribution in [3.05, 3.63) is 59.2 Å². The van der Waals surface area contributed by atoms with E-state index in [1.165, 1.54) is 24.8 Å². The van der Waals surface area contributed by atoms with E-state index in [0.717, 1.165) is 12.0 Å². The first kappa shape index (κ1) is 23.5. The van der Waals surface area contributed by atoms with E-state index in [1.54, 1.807) is 13.3 Å². The highest BCUT2D eigenvalue weighted by atomic mass is 16.5. The maximum atomic E-state index is 12.3. The van der Waals surface area contributed by atoms with Crippen LogP contribution in [0.4, 0.5) is 0 Å². The van der Waals surface area contributed by atoms with Gasteiger partial charge in [0.25, 0.3) is 5.91 Å². The molecule has 0 bridgehead atoms. The lowest BCUT2D eigenvalue weighted by Crippen LogP contribution is -2.18. The normalized spacial score (nSPS) is 11.5. The number of benzene rings is 2. The summed E-state index contributed by atoms with van der Waals surface area (Å²) < 4.78 is 11.2. The Bertz CT molecular complexity index is 836. The Balaban J connectivity index is 1.93. The second-order valence-electron chi connectivity index (χ2n) is 8.35. The van der Waals surface area contributed by atoms with Crippen LogP contribution in [0.3, 0.4) is 0 Å². The van der Waals surface area contributed by atoms with Crippen LogP contribution in [0.1, 0.15) is 74.9 Å². The van der Waals surface area contributed by atoms with Crippen LogP contribution in [-0.2, 0) is 5.41 Å². The molecule has 0 saturated heterocycles. The van der Waals surface area contributed by atoms with Crippen molar-refractivity contribution < 1.29 is 14.3 Å². The number of amides is 1. The minimum Gasteiger partial charge on any atom is -0.493 e. The van der Waals surface area contributed by atoms with Crippen LogP contribution in [0.5, 0.6) is 11.5 Å². The van der Waals surface area contributed by atoms with E-state index in [9.17, 15) is 4.79 Å². The first-order valence-corrected chi connectivity index (χ1v) is 10.6. The van der Waals surface area contributed by atoms with E-state index in [1.807, 2.05) is 42.5 Å². The van der Waals surface area contributed by atoms with Crippen molar-refractivity contribution in [3.8, 4) is 11.5 Å². The monoisotopic (exact) mass is 410 g/mol. The molecule has 0 atom stereocenters. The zero-order valence-corrected chi connectivity index (χ0v) is 18.8. The van der Waals surface area contributed by atoms with Gasteiger partial charge in [-0.15, -0.1) is 0 Å². The van der Waals surface area contributed by atoms with Crippen molar-refractivity contribution >= 4 is 12.1 Å². The fourth-order valence-electron chi connectivity index (χ4n) is 2.95. The van der Waals surface area contributed by atoms with Crippen LogP contribution < -0.4 is 14.9 Å². The van der Waals surface area contributed by atoms with Gasteiger partial charge in [0.2, 0.25) is 0 Å². The van der Waals surface area contributed by atoms with Crippen molar-refractivity contribution in [3.63, 3.8) is 0 Å². The Morgan fingerprint density at radius 3 is 2.40 bits per heavy atom. The molecule has 162 valence electrons. The molecule has 0 aliphatic carbocycles. The molecular weight excluding hydrogens is 376 g/mol. The van der Waals surface area contributed by atoms with Gasteiger partial charge in [-0.1, -0.05) is 59.1 Å². The Kier molecular flexibility index (Phi) is 8.90. The largest absolute Gasteiger partial charge is 0.493 e. The predicted octanol–water partition coefficient (Wildman–Crippen LogP) is 5.72. The molecule has 0 aromatic heterocycles. The summed E-state index contributed by atoms with van der Waals surface area (Å²) in [6.07, 6.45) is 6.22. The zero-order chi connectivity index (χ0) is 22.0. The SMILES string of the molecule is CCCCCCOc1ccc(/C=N/NC(=O)c2ccc(C(C)(C)C)cc2)cc1OC. The molecular formula is C25H34N2O3. The Labute approximate surface area is 180 Å². The summed E-state index contributed by atoms with van der Waals surface area (Å²) in [5.74, 6) is 1.12. The molecule has 0 spiro atoms. The third kappa shape index (κ3) is 7.21. The molecule has 2 aromatic carbocycles. The third-order valence-corrected chi connectivity index (χ3v) is 4.84.